The molecule has 5 N–H and O–H groups in total. The lowest BCUT2D eigenvalue weighted by molar-refractivity contribution is -0.140. The number of H-pyrrole nitrogens is 1. The fourth-order valence-corrected chi connectivity index (χ4v) is 9.64. The highest BCUT2D eigenvalue weighted by Gasteiger charge is 2.31. The van der Waals surface area contributed by atoms with Crippen molar-refractivity contribution in [2.75, 3.05) is 116 Å². The highest BCUT2D eigenvalue weighted by Crippen LogP contribution is 2.33. The molecule has 1 fully saturated rings. The van der Waals surface area contributed by atoms with Crippen molar-refractivity contribution in [1.82, 2.24) is 29.2 Å². The van der Waals surface area contributed by atoms with Crippen LogP contribution in [0.15, 0.2) is 93.2 Å². The van der Waals surface area contributed by atoms with Gasteiger partial charge in [-0.2, -0.15) is 17.5 Å². The maximum atomic E-state index is 14.9. The van der Waals surface area contributed by atoms with E-state index < -0.39 is 35.0 Å². The quantitative estimate of drug-likeness (QED) is 0.0217. The first-order valence-electron chi connectivity index (χ1n) is 24.7. The lowest BCUT2D eigenvalue weighted by atomic mass is 10.0. The minimum atomic E-state index is -4.53. The van der Waals surface area contributed by atoms with Crippen LogP contribution in [0.3, 0.4) is 0 Å². The number of pyridine rings is 1. The molecule has 77 heavy (non-hydrogen) atoms. The van der Waals surface area contributed by atoms with Gasteiger partial charge >= 0.3 is 6.18 Å². The molecule has 0 spiro atoms. The second-order valence-electron chi connectivity index (χ2n) is 18.1. The van der Waals surface area contributed by atoms with Gasteiger partial charge in [-0.05, 0) is 81.8 Å². The number of nitrogens with zero attached hydrogens (tertiary/aromatic N) is 4. The third-order valence-electron chi connectivity index (χ3n) is 12.4. The Hall–Kier alpha value is -7.14. The van der Waals surface area contributed by atoms with E-state index in [0.29, 0.717) is 63.8 Å². The van der Waals surface area contributed by atoms with Crippen molar-refractivity contribution in [3.63, 3.8) is 0 Å². The molecule has 1 aliphatic rings. The number of aromatic amines is 1. The average molecular weight is 1090 g/mol. The highest BCUT2D eigenvalue weighted by atomic mass is 32.2. The molecule has 4 heterocycles. The molecule has 19 nitrogen and oxygen atoms in total. The number of ether oxygens (including phenoxy) is 5. The number of likely N-dealkylation sites (N-methyl/N-ethyl adjacent to an activating group) is 1. The molecule has 1 saturated heterocycles. The van der Waals surface area contributed by atoms with Gasteiger partial charge in [-0.25, -0.2) is 12.8 Å². The van der Waals surface area contributed by atoms with Gasteiger partial charge in [0.1, 0.15) is 35.7 Å². The Balaban J connectivity index is 0.769. The summed E-state index contributed by atoms with van der Waals surface area (Å²) in [4.78, 5) is 29.6. The molecule has 0 unspecified atom stereocenters. The van der Waals surface area contributed by atoms with E-state index in [4.69, 9.17) is 28.2 Å². The molecule has 0 aliphatic carbocycles. The summed E-state index contributed by atoms with van der Waals surface area (Å²) in [5.74, 6) is 6.62. The number of hydrogen-bond acceptors (Lipinski definition) is 15. The van der Waals surface area contributed by atoms with Gasteiger partial charge in [-0.3, -0.25) is 9.59 Å². The number of alkyl halides is 4. The van der Waals surface area contributed by atoms with E-state index in [0.717, 1.165) is 20.0 Å². The topological polar surface area (TPSA) is 216 Å². The number of anilines is 4. The highest BCUT2D eigenvalue weighted by molar-refractivity contribution is 7.89. The zero-order valence-electron chi connectivity index (χ0n) is 43.4. The van der Waals surface area contributed by atoms with Crippen LogP contribution in [0.5, 0.6) is 11.5 Å². The Morgan fingerprint density at radius 3 is 2.44 bits per heavy atom. The molecular formula is C53H63F4N9O10S. The number of piperidine rings is 1. The summed E-state index contributed by atoms with van der Waals surface area (Å²) in [5.41, 5.74) is 4.16. The number of amides is 1. The number of likely N-dealkylation sites (tertiary alicyclic amines) is 1. The van der Waals surface area contributed by atoms with Crippen LogP contribution in [0.4, 0.5) is 40.3 Å². The van der Waals surface area contributed by atoms with Gasteiger partial charge in [0.05, 0.1) is 86.8 Å². The van der Waals surface area contributed by atoms with E-state index in [1.54, 1.807) is 67.7 Å². The number of nitrogens with one attached hydrogen (secondary N) is 5. The maximum absolute atomic E-state index is 14.9. The van der Waals surface area contributed by atoms with E-state index in [9.17, 15) is 35.6 Å². The summed E-state index contributed by atoms with van der Waals surface area (Å²) in [6, 6.07) is 18.9. The van der Waals surface area contributed by atoms with Crippen molar-refractivity contribution >= 4 is 49.6 Å². The third-order valence-corrected chi connectivity index (χ3v) is 14.3. The van der Waals surface area contributed by atoms with Gasteiger partial charge < -0.3 is 63.9 Å². The first-order valence-corrected chi connectivity index (χ1v) is 26.1. The van der Waals surface area contributed by atoms with Crippen LogP contribution in [-0.4, -0.2) is 157 Å². The molecule has 0 bridgehead atoms. The number of aryl methyl sites for hydroxylation is 2. The Kier molecular flexibility index (Phi) is 20.0. The van der Waals surface area contributed by atoms with Gasteiger partial charge in [0.25, 0.3) is 11.5 Å². The molecule has 24 heteroatoms. The fraction of sp³-hybridized carbons (Fsp3) is 0.415. The predicted octanol–water partition coefficient (Wildman–Crippen LogP) is 6.70. The van der Waals surface area contributed by atoms with E-state index in [1.165, 1.54) is 32.4 Å². The van der Waals surface area contributed by atoms with Gasteiger partial charge in [0, 0.05) is 79.4 Å². The van der Waals surface area contributed by atoms with Crippen LogP contribution in [0.1, 0.15) is 23.6 Å². The maximum Gasteiger partial charge on any atom is 0.406 e. The molecular weight excluding hydrogens is 1030 g/mol. The summed E-state index contributed by atoms with van der Waals surface area (Å²) in [6.07, 6.45) is -3.54. The Morgan fingerprint density at radius 2 is 1.71 bits per heavy atom. The molecule has 0 radical (unpaired) electrons. The SMILES string of the molecule is COc1cc(S(=O)(=O)N(C)CCOCCOCCOCCNC(=O)COc2cccc(Nc3cc(-c4c(C)noc4C)c[nH]c3=O)c2)ccc1NCC#Cc1cc2c(N[C@@H]3CCN(C)C[C@@H]3F)cccc2n1CC(F)(F)F. The molecule has 2 atom stereocenters. The minimum absolute atomic E-state index is 0.0145. The van der Waals surface area contributed by atoms with Crippen molar-refractivity contribution in [1.29, 1.82) is 0 Å². The Morgan fingerprint density at radius 1 is 0.961 bits per heavy atom. The number of benzene rings is 3. The second kappa shape index (κ2) is 26.8. The van der Waals surface area contributed by atoms with Crippen LogP contribution in [-0.2, 0) is 35.6 Å². The van der Waals surface area contributed by atoms with Gasteiger partial charge in [-0.15, -0.1) is 0 Å². The average Bonchev–Trinajstić information content (AvgIpc) is 4.00. The second-order valence-corrected chi connectivity index (χ2v) is 20.1. The number of hydrogen-bond donors (Lipinski definition) is 5. The number of sulfonamides is 1. The van der Waals surface area contributed by atoms with E-state index in [-0.39, 0.29) is 100 Å². The van der Waals surface area contributed by atoms with Crippen LogP contribution in [0, 0.1) is 25.7 Å². The molecule has 0 saturated carbocycles. The van der Waals surface area contributed by atoms with Gasteiger partial charge in [0.15, 0.2) is 6.61 Å². The molecule has 1 aliphatic heterocycles. The zero-order chi connectivity index (χ0) is 55.1. The van der Waals surface area contributed by atoms with E-state index in [2.05, 4.69) is 43.2 Å². The normalized spacial score (nSPS) is 15.0. The summed E-state index contributed by atoms with van der Waals surface area (Å²) in [6.45, 7) is 4.63. The molecule has 3 aromatic carbocycles. The van der Waals surface area contributed by atoms with Crippen molar-refractivity contribution in [2.24, 2.45) is 0 Å². The monoisotopic (exact) mass is 1090 g/mol. The first-order chi connectivity index (χ1) is 36.9. The van der Waals surface area contributed by atoms with Crippen LogP contribution in [0.25, 0.3) is 22.0 Å². The molecule has 7 rings (SSSR count). The lowest BCUT2D eigenvalue weighted by Gasteiger charge is -2.33. The molecule has 6 aromatic rings. The summed E-state index contributed by atoms with van der Waals surface area (Å²) in [7, 11) is 0.684. The zero-order valence-corrected chi connectivity index (χ0v) is 44.2. The number of fused-ring (bicyclic) bond motifs is 1. The number of carbonyl (C=O) groups is 1. The molecule has 3 aromatic heterocycles. The number of methoxy groups -OCH3 is 1. The lowest BCUT2D eigenvalue weighted by Crippen LogP contribution is -2.46. The van der Waals surface area contributed by atoms with Crippen LogP contribution in [0.2, 0.25) is 0 Å². The standard InChI is InChI=1S/C53H63F4N9O10S/c1-35-51(36(2)76-63-35)37-27-47(52(68)60-31-37)61-38-9-6-11-40(28-38)75-33-50(67)59-18-21-72-23-25-74-26-24-73-22-20-65(4)77(69,70)41-14-15-46(49(30-41)71-5)58-17-8-10-39-29-42-44(62-45-16-19-64(3)32-43(45)54)12-7-13-48(42)66(39)34-53(55,56)57/h6-7,9,11-15,27-31,43,45,58,61-62H,16-26,32-34H2,1-5H3,(H,59,67)(H,60,68)/t43-,45+/m0/s1. The van der Waals surface area contributed by atoms with Crippen LogP contribution < -0.4 is 36.3 Å². The predicted molar refractivity (Wildman–Crippen MR) is 283 cm³/mol. The Bertz CT molecular complexity index is 3170. The first kappa shape index (κ1) is 57.6. The van der Waals surface area contributed by atoms with Crippen molar-refractivity contribution in [3.8, 4) is 34.5 Å². The molecule has 1 amide bonds. The number of rotatable bonds is 26. The van der Waals surface area contributed by atoms with Crippen molar-refractivity contribution < 1.29 is 59.0 Å². The third kappa shape index (κ3) is 16.0. The van der Waals surface area contributed by atoms with Crippen molar-refractivity contribution in [2.45, 2.75) is 50.1 Å². The fourth-order valence-electron chi connectivity index (χ4n) is 8.47. The Labute approximate surface area is 443 Å². The van der Waals surface area contributed by atoms with Crippen molar-refractivity contribution in [3.05, 3.63) is 106 Å². The van der Waals surface area contributed by atoms with Crippen LogP contribution >= 0.6 is 0 Å². The summed E-state index contributed by atoms with van der Waals surface area (Å²) in [5, 5.41) is 16.6. The summed E-state index contributed by atoms with van der Waals surface area (Å²) >= 11 is 0. The van der Waals surface area contributed by atoms with Gasteiger partial charge in [0.2, 0.25) is 10.0 Å². The van der Waals surface area contributed by atoms with E-state index in [1.807, 2.05) is 18.9 Å². The number of carbonyl (C=O) groups excluding carboxylic acids is 1. The largest absolute Gasteiger partial charge is 0.495 e. The summed E-state index contributed by atoms with van der Waals surface area (Å²) < 4.78 is 118. The number of halogens is 4. The number of aromatic nitrogens is 3. The molecule has 414 valence electrons. The smallest absolute Gasteiger partial charge is 0.406 e. The minimum Gasteiger partial charge on any atom is -0.495 e. The van der Waals surface area contributed by atoms with Gasteiger partial charge in [-0.1, -0.05) is 23.2 Å². The van der Waals surface area contributed by atoms with E-state index >= 15 is 0 Å².